The molecular formula is C23H24N4O3S. The number of fused-ring (bicyclic) bond motifs is 1. The van der Waals surface area contributed by atoms with Crippen LogP contribution in [0.4, 0.5) is 11.4 Å². The third-order valence-electron chi connectivity index (χ3n) is 4.96. The molecule has 8 heteroatoms. The van der Waals surface area contributed by atoms with E-state index in [2.05, 4.69) is 15.2 Å². The minimum atomic E-state index is -0.253. The Balaban J connectivity index is 1.28. The van der Waals surface area contributed by atoms with E-state index in [4.69, 9.17) is 4.74 Å². The molecule has 1 aliphatic heterocycles. The summed E-state index contributed by atoms with van der Waals surface area (Å²) in [5.41, 5.74) is 2.72. The molecule has 0 saturated carbocycles. The zero-order valence-electron chi connectivity index (χ0n) is 17.3. The maximum Gasteiger partial charge on any atom is 0.246 e. The zero-order valence-corrected chi connectivity index (χ0v) is 18.1. The number of hydrogen-bond donors (Lipinski definition) is 1. The van der Waals surface area contributed by atoms with Crippen molar-refractivity contribution < 1.29 is 14.3 Å². The van der Waals surface area contributed by atoms with E-state index in [1.165, 1.54) is 22.3 Å². The lowest BCUT2D eigenvalue weighted by molar-refractivity contribution is -0.129. The van der Waals surface area contributed by atoms with Gasteiger partial charge in [0.2, 0.25) is 11.8 Å². The molecular weight excluding hydrogens is 412 g/mol. The molecule has 1 aliphatic rings. The van der Waals surface area contributed by atoms with E-state index >= 15 is 0 Å². The molecule has 0 bridgehead atoms. The summed E-state index contributed by atoms with van der Waals surface area (Å²) in [6.07, 6.45) is 3.13. The number of thiazole rings is 1. The molecule has 0 spiro atoms. The van der Waals surface area contributed by atoms with Crippen molar-refractivity contribution in [1.29, 1.82) is 0 Å². The molecule has 160 valence electrons. The van der Waals surface area contributed by atoms with E-state index < -0.39 is 0 Å². The summed E-state index contributed by atoms with van der Waals surface area (Å²) in [5.74, 6) is -0.500. The fourth-order valence-corrected chi connectivity index (χ4v) is 4.17. The van der Waals surface area contributed by atoms with Gasteiger partial charge < -0.3 is 19.9 Å². The highest BCUT2D eigenvalue weighted by atomic mass is 32.1. The number of hydrogen-bond acceptors (Lipinski definition) is 6. The largest absolute Gasteiger partial charge is 0.378 e. The number of rotatable bonds is 6. The van der Waals surface area contributed by atoms with Gasteiger partial charge in [0.1, 0.15) is 5.01 Å². The summed E-state index contributed by atoms with van der Waals surface area (Å²) in [5, 5.41) is 3.60. The maximum atomic E-state index is 12.4. The van der Waals surface area contributed by atoms with Crippen molar-refractivity contribution in [3.63, 3.8) is 0 Å². The molecule has 1 saturated heterocycles. The number of carbonyl (C=O) groups excluding carboxylic acids is 2. The Hall–Kier alpha value is -3.23. The van der Waals surface area contributed by atoms with Crippen molar-refractivity contribution in [2.24, 2.45) is 0 Å². The number of nitrogens with one attached hydrogen (secondary N) is 1. The second-order valence-corrected chi connectivity index (χ2v) is 8.30. The van der Waals surface area contributed by atoms with Gasteiger partial charge in [-0.2, -0.15) is 0 Å². The average molecular weight is 437 g/mol. The number of carbonyl (C=O) groups is 2. The SMILES string of the molecule is CN(CC(=O)Nc1ccc(N2CCOCC2)cc1)C(=O)C=Cc1nc2ccccc2s1. The van der Waals surface area contributed by atoms with E-state index in [1.807, 2.05) is 48.5 Å². The lowest BCUT2D eigenvalue weighted by Gasteiger charge is -2.28. The van der Waals surface area contributed by atoms with Crippen molar-refractivity contribution in [2.45, 2.75) is 0 Å². The normalized spacial score (nSPS) is 14.2. The fraction of sp³-hybridized carbons (Fsp3) is 0.261. The van der Waals surface area contributed by atoms with Crippen LogP contribution < -0.4 is 10.2 Å². The van der Waals surface area contributed by atoms with Gasteiger partial charge in [-0.3, -0.25) is 9.59 Å². The molecule has 1 aromatic heterocycles. The molecule has 1 fully saturated rings. The summed E-state index contributed by atoms with van der Waals surface area (Å²) >= 11 is 1.52. The molecule has 2 amide bonds. The van der Waals surface area contributed by atoms with Crippen LogP contribution in [0.5, 0.6) is 0 Å². The van der Waals surface area contributed by atoms with E-state index in [9.17, 15) is 9.59 Å². The van der Waals surface area contributed by atoms with Gasteiger partial charge in [-0.25, -0.2) is 4.98 Å². The lowest BCUT2D eigenvalue weighted by atomic mass is 10.2. The average Bonchev–Trinajstić information content (AvgIpc) is 3.21. The third-order valence-corrected chi connectivity index (χ3v) is 5.96. The molecule has 7 nitrogen and oxygen atoms in total. The van der Waals surface area contributed by atoms with E-state index in [-0.39, 0.29) is 18.4 Å². The van der Waals surface area contributed by atoms with E-state index in [0.29, 0.717) is 5.69 Å². The van der Waals surface area contributed by atoms with Crippen LogP contribution in [0.25, 0.3) is 16.3 Å². The van der Waals surface area contributed by atoms with Crippen LogP contribution in [-0.4, -0.2) is 61.6 Å². The highest BCUT2D eigenvalue weighted by molar-refractivity contribution is 7.19. The Morgan fingerprint density at radius 3 is 2.65 bits per heavy atom. The predicted octanol–water partition coefficient (Wildman–Crippen LogP) is 3.24. The van der Waals surface area contributed by atoms with Crippen LogP contribution in [0.2, 0.25) is 0 Å². The van der Waals surface area contributed by atoms with E-state index in [0.717, 1.165) is 47.2 Å². The van der Waals surface area contributed by atoms with Gasteiger partial charge in [0.25, 0.3) is 0 Å². The molecule has 2 heterocycles. The molecule has 3 aromatic rings. The Morgan fingerprint density at radius 2 is 1.90 bits per heavy atom. The summed E-state index contributed by atoms with van der Waals surface area (Å²) in [6.45, 7) is 3.15. The van der Waals surface area contributed by atoms with Gasteiger partial charge in [0.05, 0.1) is 30.0 Å². The van der Waals surface area contributed by atoms with Crippen molar-refractivity contribution in [3.05, 3.63) is 59.6 Å². The van der Waals surface area contributed by atoms with Gasteiger partial charge in [-0.05, 0) is 42.5 Å². The van der Waals surface area contributed by atoms with Crippen LogP contribution >= 0.6 is 11.3 Å². The second kappa shape index (κ2) is 9.72. The van der Waals surface area contributed by atoms with Gasteiger partial charge in [-0.1, -0.05) is 12.1 Å². The van der Waals surface area contributed by atoms with Crippen LogP contribution in [-0.2, 0) is 14.3 Å². The maximum absolute atomic E-state index is 12.4. The molecule has 31 heavy (non-hydrogen) atoms. The summed E-state index contributed by atoms with van der Waals surface area (Å²) in [7, 11) is 1.60. The van der Waals surface area contributed by atoms with Crippen molar-refractivity contribution in [1.82, 2.24) is 9.88 Å². The highest BCUT2D eigenvalue weighted by Crippen LogP contribution is 2.22. The Bertz CT molecular complexity index is 1050. The summed E-state index contributed by atoms with van der Waals surface area (Å²) in [6, 6.07) is 15.5. The monoisotopic (exact) mass is 436 g/mol. The number of aromatic nitrogens is 1. The first-order valence-electron chi connectivity index (χ1n) is 10.1. The number of nitrogens with zero attached hydrogens (tertiary/aromatic N) is 3. The number of likely N-dealkylation sites (N-methyl/N-ethyl adjacent to an activating group) is 1. The molecule has 2 aromatic carbocycles. The number of ether oxygens (including phenoxy) is 1. The van der Waals surface area contributed by atoms with Gasteiger partial charge >= 0.3 is 0 Å². The van der Waals surface area contributed by atoms with Crippen LogP contribution in [0.15, 0.2) is 54.6 Å². The number of morpholine rings is 1. The highest BCUT2D eigenvalue weighted by Gasteiger charge is 2.13. The van der Waals surface area contributed by atoms with Gasteiger partial charge in [0, 0.05) is 37.6 Å². The Kier molecular flexibility index (Phi) is 6.59. The molecule has 0 aliphatic carbocycles. The van der Waals surface area contributed by atoms with E-state index in [1.54, 1.807) is 13.1 Å². The number of para-hydroxylation sites is 1. The minimum Gasteiger partial charge on any atom is -0.378 e. The van der Waals surface area contributed by atoms with Gasteiger partial charge in [-0.15, -0.1) is 11.3 Å². The smallest absolute Gasteiger partial charge is 0.246 e. The number of benzene rings is 2. The van der Waals surface area contributed by atoms with Crippen LogP contribution in [0.1, 0.15) is 5.01 Å². The molecule has 0 atom stereocenters. The first-order chi connectivity index (χ1) is 15.1. The Morgan fingerprint density at radius 1 is 1.16 bits per heavy atom. The summed E-state index contributed by atoms with van der Waals surface area (Å²) < 4.78 is 6.44. The molecule has 1 N–H and O–H groups in total. The van der Waals surface area contributed by atoms with Crippen LogP contribution in [0.3, 0.4) is 0 Å². The van der Waals surface area contributed by atoms with Gasteiger partial charge in [0.15, 0.2) is 0 Å². The first-order valence-corrected chi connectivity index (χ1v) is 10.9. The predicted molar refractivity (Wildman–Crippen MR) is 124 cm³/mol. The second-order valence-electron chi connectivity index (χ2n) is 7.24. The number of anilines is 2. The molecule has 4 rings (SSSR count). The standard InChI is InChI=1S/C23H24N4O3S/c1-26(23(29)11-10-22-25-19-4-2-3-5-20(19)31-22)16-21(28)24-17-6-8-18(9-7-17)27-12-14-30-15-13-27/h2-11H,12-16H2,1H3,(H,24,28). The van der Waals surface area contributed by atoms with Crippen molar-refractivity contribution in [2.75, 3.05) is 50.1 Å². The topological polar surface area (TPSA) is 74.8 Å². The zero-order chi connectivity index (χ0) is 21.6. The molecule has 0 radical (unpaired) electrons. The summed E-state index contributed by atoms with van der Waals surface area (Å²) in [4.78, 5) is 32.8. The third kappa shape index (κ3) is 5.48. The van der Waals surface area contributed by atoms with Crippen molar-refractivity contribution in [3.8, 4) is 0 Å². The Labute approximate surface area is 184 Å². The quantitative estimate of drug-likeness (QED) is 0.601. The number of amides is 2. The van der Waals surface area contributed by atoms with Crippen molar-refractivity contribution >= 4 is 50.8 Å². The molecule has 0 unspecified atom stereocenters. The van der Waals surface area contributed by atoms with Crippen LogP contribution in [0, 0.1) is 0 Å². The lowest BCUT2D eigenvalue weighted by Crippen LogP contribution is -2.36. The first kappa shape index (κ1) is 21.0. The minimum absolute atomic E-state index is 0.0335. The fourth-order valence-electron chi connectivity index (χ4n) is 3.30.